The Balaban J connectivity index is 1.54. The van der Waals surface area contributed by atoms with E-state index in [1.807, 2.05) is 43.9 Å². The predicted molar refractivity (Wildman–Crippen MR) is 201 cm³/mol. The van der Waals surface area contributed by atoms with Crippen LogP contribution in [0.5, 0.6) is 0 Å². The third-order valence-electron chi connectivity index (χ3n) is 8.41. The van der Waals surface area contributed by atoms with Crippen molar-refractivity contribution in [1.82, 2.24) is 20.9 Å². The highest BCUT2D eigenvalue weighted by Gasteiger charge is 2.35. The average Bonchev–Trinajstić information content (AvgIpc) is 3.09. The number of nitrogens with two attached hydrogens (primary N) is 1. The van der Waals surface area contributed by atoms with Crippen molar-refractivity contribution >= 4 is 29.7 Å². The molecule has 2 aromatic rings. The fourth-order valence-corrected chi connectivity index (χ4v) is 5.49. The number of likely N-dealkylation sites (tertiary alicyclic amines) is 1. The van der Waals surface area contributed by atoms with Gasteiger partial charge in [-0.15, -0.1) is 0 Å². The fourth-order valence-electron chi connectivity index (χ4n) is 5.49. The monoisotopic (exact) mass is 738 g/mol. The van der Waals surface area contributed by atoms with Gasteiger partial charge < -0.3 is 40.7 Å². The molecule has 3 rings (SSSR count). The largest absolute Gasteiger partial charge is 0.444 e. The summed E-state index contributed by atoms with van der Waals surface area (Å²) in [6.07, 6.45) is 0.717. The number of nitrogens with zero attached hydrogens (tertiary/aromatic N) is 2. The lowest BCUT2D eigenvalue weighted by Crippen LogP contribution is -2.55. The molecule has 0 saturated carbocycles. The maximum atomic E-state index is 13.6. The van der Waals surface area contributed by atoms with E-state index in [0.717, 1.165) is 12.0 Å². The van der Waals surface area contributed by atoms with Crippen LogP contribution in [0.25, 0.3) is 0 Å². The molecule has 0 spiro atoms. The first-order valence-corrected chi connectivity index (χ1v) is 18.0. The van der Waals surface area contributed by atoms with Crippen molar-refractivity contribution < 1.29 is 38.2 Å². The lowest BCUT2D eigenvalue weighted by Gasteiger charge is -2.39. The van der Waals surface area contributed by atoms with Crippen molar-refractivity contribution in [2.24, 2.45) is 16.8 Å². The molecule has 14 heteroatoms. The SMILES string of the molecule is CC(C)[C@H](NC(=O)OC(C)(C)C)C(=O)O/N=C(\N)c1ccc(CNC(=O)[C@H](C)NC(=O)[C@H]2C[C@@H](c3ccccc3)CCN2COCOC(C)(C)C)cc1. The molecular formula is C39H58N6O8. The van der Waals surface area contributed by atoms with Gasteiger partial charge in [0.1, 0.15) is 31.2 Å². The minimum atomic E-state index is -1.00. The molecule has 0 radical (unpaired) electrons. The van der Waals surface area contributed by atoms with Gasteiger partial charge in [0.2, 0.25) is 11.8 Å². The number of amides is 3. The zero-order valence-corrected chi connectivity index (χ0v) is 32.6. The number of hydrogen-bond acceptors (Lipinski definition) is 10. The number of benzene rings is 2. The van der Waals surface area contributed by atoms with Gasteiger partial charge in [-0.1, -0.05) is 73.6 Å². The summed E-state index contributed by atoms with van der Waals surface area (Å²) in [5, 5.41) is 12.0. The van der Waals surface area contributed by atoms with Gasteiger partial charge in [-0.3, -0.25) is 14.5 Å². The summed E-state index contributed by atoms with van der Waals surface area (Å²) in [5.74, 6) is -1.53. The van der Waals surface area contributed by atoms with E-state index in [2.05, 4.69) is 33.2 Å². The first-order valence-electron chi connectivity index (χ1n) is 18.0. The number of hydrogen-bond donors (Lipinski definition) is 4. The molecule has 0 bridgehead atoms. The average molecular weight is 739 g/mol. The molecule has 1 saturated heterocycles. The number of ether oxygens (including phenoxy) is 3. The van der Waals surface area contributed by atoms with E-state index in [1.165, 1.54) is 5.56 Å². The van der Waals surface area contributed by atoms with Gasteiger partial charge in [0.25, 0.3) is 0 Å². The molecular weight excluding hydrogens is 680 g/mol. The zero-order chi connectivity index (χ0) is 39.3. The van der Waals surface area contributed by atoms with Crippen LogP contribution in [0, 0.1) is 5.92 Å². The normalized spacial score (nSPS) is 18.1. The maximum absolute atomic E-state index is 13.6. The number of carbonyl (C=O) groups excluding carboxylic acids is 4. The molecule has 0 aliphatic carbocycles. The van der Waals surface area contributed by atoms with Crippen LogP contribution in [0.4, 0.5) is 4.79 Å². The second-order valence-electron chi connectivity index (χ2n) is 15.6. The van der Waals surface area contributed by atoms with Gasteiger partial charge in [0.15, 0.2) is 5.84 Å². The molecule has 1 fully saturated rings. The van der Waals surface area contributed by atoms with Crippen molar-refractivity contribution in [2.45, 2.75) is 117 Å². The Bertz CT molecular complexity index is 1540. The standard InChI is InChI=1S/C39H58N6O8/c1-25(2)32(43-37(49)52-39(7,8)9)36(48)53-44-33(40)29-17-15-27(16-18-29)22-41-34(46)26(3)42-35(47)31-21-30(28-13-11-10-12-14-28)19-20-45(31)23-50-24-51-38(4,5)6/h10-18,25-26,30-32H,19-24H2,1-9H3,(H2,40,44)(H,41,46)(H,42,47)(H,43,49)/t26-,30-,31+,32-/m0/s1. The quantitative estimate of drug-likeness (QED) is 0.0507. The first-order chi connectivity index (χ1) is 24.8. The number of rotatable bonds is 15. The second-order valence-corrected chi connectivity index (χ2v) is 15.6. The molecule has 2 aromatic carbocycles. The number of alkyl carbamates (subject to hydrolysis) is 1. The lowest BCUT2D eigenvalue weighted by atomic mass is 9.85. The minimum Gasteiger partial charge on any atom is -0.444 e. The van der Waals surface area contributed by atoms with E-state index in [1.54, 1.807) is 65.8 Å². The Morgan fingerprint density at radius 3 is 2.19 bits per heavy atom. The molecule has 53 heavy (non-hydrogen) atoms. The molecule has 292 valence electrons. The molecule has 0 aromatic heterocycles. The van der Waals surface area contributed by atoms with Crippen LogP contribution in [0.3, 0.4) is 0 Å². The Labute approximate surface area is 313 Å². The van der Waals surface area contributed by atoms with Crippen molar-refractivity contribution in [3.8, 4) is 0 Å². The van der Waals surface area contributed by atoms with E-state index >= 15 is 0 Å². The maximum Gasteiger partial charge on any atom is 0.408 e. The van der Waals surface area contributed by atoms with E-state index in [0.29, 0.717) is 18.5 Å². The topological polar surface area (TPSA) is 183 Å². The third kappa shape index (κ3) is 14.8. The third-order valence-corrected chi connectivity index (χ3v) is 8.41. The molecule has 0 unspecified atom stereocenters. The first kappa shape index (κ1) is 42.9. The summed E-state index contributed by atoms with van der Waals surface area (Å²) in [5.41, 5.74) is 7.41. The molecule has 1 aliphatic rings. The number of nitrogens with one attached hydrogen (secondary N) is 3. The van der Waals surface area contributed by atoms with Crippen LogP contribution in [0.2, 0.25) is 0 Å². The summed E-state index contributed by atoms with van der Waals surface area (Å²) in [7, 11) is 0. The highest BCUT2D eigenvalue weighted by atomic mass is 16.7. The van der Waals surface area contributed by atoms with Crippen LogP contribution in [-0.2, 0) is 40.0 Å². The zero-order valence-electron chi connectivity index (χ0n) is 32.6. The second kappa shape index (κ2) is 19.5. The van der Waals surface area contributed by atoms with Crippen molar-refractivity contribution in [3.63, 3.8) is 0 Å². The summed E-state index contributed by atoms with van der Waals surface area (Å²) in [6.45, 7) is 17.3. The highest BCUT2D eigenvalue weighted by molar-refractivity contribution is 5.97. The summed E-state index contributed by atoms with van der Waals surface area (Å²) >= 11 is 0. The van der Waals surface area contributed by atoms with Crippen molar-refractivity contribution in [1.29, 1.82) is 0 Å². The van der Waals surface area contributed by atoms with Crippen LogP contribution >= 0.6 is 0 Å². The molecule has 1 aliphatic heterocycles. The fraction of sp³-hybridized carbons (Fsp3) is 0.564. The Morgan fingerprint density at radius 1 is 0.925 bits per heavy atom. The van der Waals surface area contributed by atoms with Crippen molar-refractivity contribution in [2.75, 3.05) is 20.1 Å². The number of carbonyl (C=O) groups is 4. The van der Waals surface area contributed by atoms with E-state index < -0.39 is 35.8 Å². The van der Waals surface area contributed by atoms with Crippen LogP contribution in [0.15, 0.2) is 59.8 Å². The minimum absolute atomic E-state index is 0.0524. The molecule has 14 nitrogen and oxygen atoms in total. The number of piperidine rings is 1. The van der Waals surface area contributed by atoms with Gasteiger partial charge in [0, 0.05) is 18.7 Å². The molecule has 3 amide bonds. The molecule has 1 heterocycles. The van der Waals surface area contributed by atoms with Gasteiger partial charge in [0.05, 0.1) is 11.6 Å². The van der Waals surface area contributed by atoms with Crippen molar-refractivity contribution in [3.05, 3.63) is 71.3 Å². The van der Waals surface area contributed by atoms with E-state index in [9.17, 15) is 19.2 Å². The highest BCUT2D eigenvalue weighted by Crippen LogP contribution is 2.32. The Hall–Kier alpha value is -4.53. The Kier molecular flexibility index (Phi) is 15.8. The summed E-state index contributed by atoms with van der Waals surface area (Å²) in [4.78, 5) is 58.6. The van der Waals surface area contributed by atoms with Crippen LogP contribution in [-0.4, -0.2) is 84.0 Å². The molecule has 4 atom stereocenters. The number of amidine groups is 1. The van der Waals surface area contributed by atoms with E-state index in [-0.39, 0.29) is 55.2 Å². The van der Waals surface area contributed by atoms with E-state index in [4.69, 9.17) is 24.8 Å². The van der Waals surface area contributed by atoms with Crippen LogP contribution < -0.4 is 21.7 Å². The number of oxime groups is 1. The Morgan fingerprint density at radius 2 is 1.58 bits per heavy atom. The van der Waals surface area contributed by atoms with Gasteiger partial charge in [-0.05, 0) is 84.3 Å². The van der Waals surface area contributed by atoms with Gasteiger partial charge in [-0.2, -0.15) is 0 Å². The smallest absolute Gasteiger partial charge is 0.408 e. The summed E-state index contributed by atoms with van der Waals surface area (Å²) in [6, 6.07) is 14.7. The lowest BCUT2D eigenvalue weighted by molar-refractivity contribution is -0.155. The predicted octanol–water partition coefficient (Wildman–Crippen LogP) is 4.52. The van der Waals surface area contributed by atoms with Crippen LogP contribution in [0.1, 0.15) is 97.8 Å². The van der Waals surface area contributed by atoms with Gasteiger partial charge >= 0.3 is 12.1 Å². The molecule has 5 N–H and O–H groups in total. The summed E-state index contributed by atoms with van der Waals surface area (Å²) < 4.78 is 16.7. The van der Waals surface area contributed by atoms with Gasteiger partial charge in [-0.25, -0.2) is 9.59 Å².